The number of fused-ring (bicyclic) bond motifs is 2. The van der Waals surface area contributed by atoms with Gasteiger partial charge in [-0.25, -0.2) is 4.68 Å². The van der Waals surface area contributed by atoms with Gasteiger partial charge in [0.25, 0.3) is 17.7 Å². The molecule has 1 aromatic heterocycles. The normalized spacial score (nSPS) is 19.7. The number of benzene rings is 3. The van der Waals surface area contributed by atoms with Crippen LogP contribution in [0.15, 0.2) is 72.8 Å². The van der Waals surface area contributed by atoms with Crippen molar-refractivity contribution in [2.24, 2.45) is 11.7 Å². The van der Waals surface area contributed by atoms with Crippen molar-refractivity contribution in [1.82, 2.24) is 24.9 Å². The standard InChI is InChI=1S/C40H40N8O7/c41-36(51)34-35(24-9-11-26(12-10-24)55-25-5-2-1-3-6-25)45-48-29(15-19-43-37(34)48)23-17-21-46(22-18-23)32(50)16-20-42-28-8-4-7-27-33(28)40(54)47(39(27)53)30-13-14-31(49)44-38(30)52/h1-12,23,29-30,42-43H,13-22H2,(H2,41,51)(H,44,49,52)/t29-,30?/m0/s1. The Bertz CT molecular complexity index is 2190. The Labute approximate surface area is 316 Å². The predicted octanol–water partition coefficient (Wildman–Crippen LogP) is 3.94. The number of imide groups is 2. The van der Waals surface area contributed by atoms with Crippen LogP contribution in [0.3, 0.4) is 0 Å². The Morgan fingerprint density at radius 1 is 0.873 bits per heavy atom. The zero-order valence-corrected chi connectivity index (χ0v) is 30.0. The number of para-hydroxylation sites is 1. The Kier molecular flexibility index (Phi) is 9.51. The van der Waals surface area contributed by atoms with Crippen molar-refractivity contribution in [3.63, 3.8) is 0 Å². The average molecular weight is 745 g/mol. The van der Waals surface area contributed by atoms with Gasteiger partial charge in [0, 0.05) is 50.3 Å². The summed E-state index contributed by atoms with van der Waals surface area (Å²) in [5.41, 5.74) is 8.26. The Morgan fingerprint density at radius 3 is 2.35 bits per heavy atom. The molecule has 0 spiro atoms. The Balaban J connectivity index is 0.887. The maximum atomic E-state index is 13.4. The van der Waals surface area contributed by atoms with Crippen molar-refractivity contribution in [2.75, 3.05) is 36.8 Å². The van der Waals surface area contributed by atoms with Gasteiger partial charge in [0.1, 0.15) is 34.6 Å². The lowest BCUT2D eigenvalue weighted by Crippen LogP contribution is -2.54. The fourth-order valence-corrected chi connectivity index (χ4v) is 8.14. The van der Waals surface area contributed by atoms with Crippen LogP contribution < -0.4 is 26.4 Å². The summed E-state index contributed by atoms with van der Waals surface area (Å²) in [6, 6.07) is 20.7. The minimum atomic E-state index is -1.06. The molecular formula is C40H40N8O7. The Hall–Kier alpha value is -6.51. The number of carbonyl (C=O) groups excluding carboxylic acids is 6. The third-order valence-corrected chi connectivity index (χ3v) is 10.9. The molecule has 282 valence electrons. The highest BCUT2D eigenvalue weighted by Gasteiger charge is 2.45. The molecule has 0 aliphatic carbocycles. The number of nitrogens with one attached hydrogen (secondary N) is 3. The highest BCUT2D eigenvalue weighted by Crippen LogP contribution is 2.40. The summed E-state index contributed by atoms with van der Waals surface area (Å²) in [7, 11) is 0. The molecule has 55 heavy (non-hydrogen) atoms. The number of nitrogens with zero attached hydrogens (tertiary/aromatic N) is 4. The lowest BCUT2D eigenvalue weighted by molar-refractivity contribution is -0.136. The number of primary amides is 1. The molecule has 4 aliphatic heterocycles. The molecule has 2 saturated heterocycles. The first kappa shape index (κ1) is 35.5. The van der Waals surface area contributed by atoms with E-state index in [-0.39, 0.29) is 54.8 Å². The first-order chi connectivity index (χ1) is 26.7. The molecule has 4 aliphatic rings. The zero-order valence-electron chi connectivity index (χ0n) is 30.0. The summed E-state index contributed by atoms with van der Waals surface area (Å²) in [4.78, 5) is 79.6. The number of likely N-dealkylation sites (tertiary alicyclic amines) is 1. The van der Waals surface area contributed by atoms with Gasteiger partial charge in [-0.05, 0) is 80.1 Å². The number of amides is 6. The molecule has 5 N–H and O–H groups in total. The lowest BCUT2D eigenvalue weighted by Gasteiger charge is -2.38. The van der Waals surface area contributed by atoms with Crippen LogP contribution in [0.2, 0.25) is 0 Å². The molecule has 3 aromatic carbocycles. The summed E-state index contributed by atoms with van der Waals surface area (Å²) in [5, 5.41) is 13.7. The van der Waals surface area contributed by atoms with Gasteiger partial charge in [-0.15, -0.1) is 0 Å². The van der Waals surface area contributed by atoms with E-state index < -0.39 is 35.6 Å². The third-order valence-electron chi connectivity index (χ3n) is 10.9. The second kappa shape index (κ2) is 14.7. The number of hydrogen-bond acceptors (Lipinski definition) is 10. The van der Waals surface area contributed by atoms with Gasteiger partial charge >= 0.3 is 0 Å². The first-order valence-corrected chi connectivity index (χ1v) is 18.5. The molecule has 0 saturated carbocycles. The molecule has 0 radical (unpaired) electrons. The molecule has 8 rings (SSSR count). The Morgan fingerprint density at radius 2 is 1.62 bits per heavy atom. The number of carbonyl (C=O) groups is 6. The van der Waals surface area contributed by atoms with E-state index in [1.807, 2.05) is 64.2 Å². The van der Waals surface area contributed by atoms with E-state index in [1.54, 1.807) is 12.1 Å². The number of anilines is 2. The van der Waals surface area contributed by atoms with Crippen LogP contribution in [-0.2, 0) is 14.4 Å². The van der Waals surface area contributed by atoms with E-state index >= 15 is 0 Å². The third kappa shape index (κ3) is 6.77. The number of aromatic nitrogens is 2. The summed E-state index contributed by atoms with van der Waals surface area (Å²) < 4.78 is 7.85. The molecule has 15 heteroatoms. The number of ether oxygens (including phenoxy) is 1. The van der Waals surface area contributed by atoms with E-state index in [9.17, 15) is 28.8 Å². The number of piperidine rings is 2. The van der Waals surface area contributed by atoms with Crippen LogP contribution in [0, 0.1) is 5.92 Å². The van der Waals surface area contributed by atoms with E-state index in [2.05, 4.69) is 16.0 Å². The lowest BCUT2D eigenvalue weighted by atomic mass is 9.86. The maximum absolute atomic E-state index is 13.4. The fraction of sp³-hybridized carbons (Fsp3) is 0.325. The van der Waals surface area contributed by atoms with Crippen molar-refractivity contribution < 1.29 is 33.5 Å². The van der Waals surface area contributed by atoms with Gasteiger partial charge in [-0.1, -0.05) is 24.3 Å². The molecule has 4 aromatic rings. The number of nitrogens with two attached hydrogens (primary N) is 1. The van der Waals surface area contributed by atoms with Crippen LogP contribution >= 0.6 is 0 Å². The number of hydrogen-bond donors (Lipinski definition) is 4. The van der Waals surface area contributed by atoms with E-state index in [0.29, 0.717) is 48.1 Å². The molecular weight excluding hydrogens is 704 g/mol. The largest absolute Gasteiger partial charge is 0.457 e. The smallest absolute Gasteiger partial charge is 0.264 e. The van der Waals surface area contributed by atoms with Crippen LogP contribution in [0.1, 0.15) is 75.6 Å². The topological polar surface area (TPSA) is 198 Å². The van der Waals surface area contributed by atoms with Gasteiger partial charge in [-0.2, -0.15) is 5.10 Å². The van der Waals surface area contributed by atoms with Crippen molar-refractivity contribution in [3.8, 4) is 22.8 Å². The molecule has 2 atom stereocenters. The average Bonchev–Trinajstić information content (AvgIpc) is 3.71. The highest BCUT2D eigenvalue weighted by molar-refractivity contribution is 6.25. The minimum Gasteiger partial charge on any atom is -0.457 e. The molecule has 0 bridgehead atoms. The van der Waals surface area contributed by atoms with Gasteiger partial charge in [0.2, 0.25) is 17.7 Å². The summed E-state index contributed by atoms with van der Waals surface area (Å²) in [6.45, 7) is 2.03. The van der Waals surface area contributed by atoms with Gasteiger partial charge in [0.05, 0.1) is 17.2 Å². The molecule has 6 amide bonds. The van der Waals surface area contributed by atoms with Crippen LogP contribution in [0.5, 0.6) is 11.5 Å². The van der Waals surface area contributed by atoms with E-state index in [0.717, 1.165) is 35.5 Å². The van der Waals surface area contributed by atoms with Gasteiger partial charge in [-0.3, -0.25) is 39.0 Å². The summed E-state index contributed by atoms with van der Waals surface area (Å²) in [5.74, 6) is -0.687. The molecule has 15 nitrogen and oxygen atoms in total. The van der Waals surface area contributed by atoms with Crippen LogP contribution in [0.25, 0.3) is 11.3 Å². The monoisotopic (exact) mass is 744 g/mol. The second-order valence-electron chi connectivity index (χ2n) is 14.2. The van der Waals surface area contributed by atoms with Gasteiger partial charge < -0.3 is 26.0 Å². The second-order valence-corrected chi connectivity index (χ2v) is 14.2. The quantitative estimate of drug-likeness (QED) is 0.173. The van der Waals surface area contributed by atoms with Crippen molar-refractivity contribution >= 4 is 46.9 Å². The van der Waals surface area contributed by atoms with Crippen molar-refractivity contribution in [2.45, 2.75) is 50.6 Å². The van der Waals surface area contributed by atoms with E-state index in [1.165, 1.54) is 6.07 Å². The highest BCUT2D eigenvalue weighted by atomic mass is 16.5. The number of rotatable bonds is 10. The van der Waals surface area contributed by atoms with Crippen molar-refractivity contribution in [1.29, 1.82) is 0 Å². The summed E-state index contributed by atoms with van der Waals surface area (Å²) >= 11 is 0. The van der Waals surface area contributed by atoms with Crippen LogP contribution in [-0.4, -0.2) is 87.2 Å². The SMILES string of the molecule is NC(=O)c1c(-c2ccc(Oc3ccccc3)cc2)nn2c1NCC[C@H]2C1CCN(C(=O)CCNc2cccc3c2C(=O)N(C2CCC(=O)NC2=O)C3=O)CC1. The fourth-order valence-electron chi connectivity index (χ4n) is 8.14. The molecule has 2 fully saturated rings. The first-order valence-electron chi connectivity index (χ1n) is 18.5. The van der Waals surface area contributed by atoms with E-state index in [4.69, 9.17) is 15.6 Å². The maximum Gasteiger partial charge on any atom is 0.264 e. The van der Waals surface area contributed by atoms with Crippen LogP contribution in [0.4, 0.5) is 11.5 Å². The molecule has 1 unspecified atom stereocenters. The molecule has 5 heterocycles. The minimum absolute atomic E-state index is 0.0165. The predicted molar refractivity (Wildman–Crippen MR) is 200 cm³/mol. The summed E-state index contributed by atoms with van der Waals surface area (Å²) in [6.07, 6.45) is 2.60. The van der Waals surface area contributed by atoms with Gasteiger partial charge in [0.15, 0.2) is 0 Å². The van der Waals surface area contributed by atoms with Crippen molar-refractivity contribution in [3.05, 3.63) is 89.5 Å². The zero-order chi connectivity index (χ0) is 38.2.